The Kier molecular flexibility index (Phi) is 6.63. The Morgan fingerprint density at radius 3 is 2.53 bits per heavy atom. The van der Waals surface area contributed by atoms with Crippen LogP contribution in [-0.2, 0) is 15.8 Å². The van der Waals surface area contributed by atoms with Crippen molar-refractivity contribution in [3.8, 4) is 17.0 Å². The van der Waals surface area contributed by atoms with Crippen molar-refractivity contribution in [2.75, 3.05) is 28.3 Å². The fourth-order valence-electron chi connectivity index (χ4n) is 4.94. The number of benzene rings is 1. The molecule has 0 bridgehead atoms. The van der Waals surface area contributed by atoms with Gasteiger partial charge in [-0.3, -0.25) is 9.59 Å². The van der Waals surface area contributed by atoms with Crippen molar-refractivity contribution in [2.45, 2.75) is 37.9 Å². The predicted molar refractivity (Wildman–Crippen MR) is 138 cm³/mol. The second-order valence-corrected chi connectivity index (χ2v) is 9.09. The maximum Gasteiger partial charge on any atom is 0.434 e. The third kappa shape index (κ3) is 4.62. The smallest absolute Gasteiger partial charge is 0.434 e. The lowest BCUT2D eigenvalue weighted by Gasteiger charge is -2.31. The molecule has 9 nitrogen and oxygen atoms in total. The molecule has 0 aliphatic carbocycles. The van der Waals surface area contributed by atoms with E-state index in [9.17, 15) is 22.8 Å². The summed E-state index contributed by atoms with van der Waals surface area (Å²) in [5.41, 5.74) is 0.428. The molecule has 1 N–H and O–H groups in total. The zero-order valence-corrected chi connectivity index (χ0v) is 21.0. The molecule has 38 heavy (non-hydrogen) atoms. The summed E-state index contributed by atoms with van der Waals surface area (Å²) in [6.07, 6.45) is 0.0542. The van der Waals surface area contributed by atoms with Crippen molar-refractivity contribution in [3.05, 3.63) is 48.4 Å². The minimum atomic E-state index is -4.74. The van der Waals surface area contributed by atoms with Crippen LogP contribution in [0.4, 0.5) is 36.2 Å². The van der Waals surface area contributed by atoms with Crippen molar-refractivity contribution in [1.29, 1.82) is 0 Å². The number of nitrogens with one attached hydrogen (secondary N) is 1. The lowest BCUT2D eigenvalue weighted by Crippen LogP contribution is -2.40. The molecule has 5 heterocycles. The molecular weight excluding hydrogens is 521 g/mol. The Balaban J connectivity index is 0.00000294. The topological polar surface area (TPSA) is 101 Å². The van der Waals surface area contributed by atoms with Crippen LogP contribution >= 0.6 is 13.5 Å². The van der Waals surface area contributed by atoms with E-state index in [0.717, 1.165) is 12.6 Å². The maximum atomic E-state index is 14.0. The van der Waals surface area contributed by atoms with Crippen LogP contribution in [0, 0.1) is 0 Å². The van der Waals surface area contributed by atoms with Crippen molar-refractivity contribution in [3.63, 3.8) is 0 Å². The number of ether oxygens (including phenoxy) is 1. The van der Waals surface area contributed by atoms with Crippen LogP contribution in [0.3, 0.4) is 0 Å². The third-order valence-electron chi connectivity index (χ3n) is 6.71. The van der Waals surface area contributed by atoms with E-state index < -0.39 is 11.9 Å². The second-order valence-electron chi connectivity index (χ2n) is 9.09. The first kappa shape index (κ1) is 25.8. The lowest BCUT2D eigenvalue weighted by atomic mass is 10.0. The molecule has 13 heteroatoms. The summed E-state index contributed by atoms with van der Waals surface area (Å²) in [6.45, 7) is 0.944. The van der Waals surface area contributed by atoms with Gasteiger partial charge in [0, 0.05) is 36.8 Å². The standard InChI is InChI=1S/C25H21F3N6O3.H2S/c26-25(27,28)22-18(14-3-5-16(6-4-14)33-9-1-2-20(33)35)12-30-24(32-22)31-15-10-19-23(29-11-15)37-13-17-7-8-21(36)34(17)19;/h3-6,10-12,17H,1-2,7-9,13H2,(H,30,31,32);1H2/t17-;/m0./s1. The van der Waals surface area contributed by atoms with Gasteiger partial charge >= 0.3 is 6.18 Å². The van der Waals surface area contributed by atoms with Gasteiger partial charge in [-0.05, 0) is 36.6 Å². The first-order valence-electron chi connectivity index (χ1n) is 11.8. The maximum absolute atomic E-state index is 14.0. The van der Waals surface area contributed by atoms with Crippen LogP contribution in [-0.4, -0.2) is 46.0 Å². The highest BCUT2D eigenvalue weighted by molar-refractivity contribution is 7.59. The van der Waals surface area contributed by atoms with E-state index in [1.54, 1.807) is 28.0 Å². The number of amides is 2. The minimum absolute atomic E-state index is 0. The number of hydrogen-bond donors (Lipinski definition) is 1. The predicted octanol–water partition coefficient (Wildman–Crippen LogP) is 4.43. The zero-order chi connectivity index (χ0) is 25.7. The molecule has 3 aromatic rings. The molecule has 6 rings (SSSR count). The Hall–Kier alpha value is -3.87. The number of alkyl halides is 3. The number of hydrogen-bond acceptors (Lipinski definition) is 7. The first-order chi connectivity index (χ1) is 17.8. The van der Waals surface area contributed by atoms with Gasteiger partial charge in [0.1, 0.15) is 12.3 Å². The van der Waals surface area contributed by atoms with Crippen molar-refractivity contribution in [1.82, 2.24) is 15.0 Å². The average molecular weight is 545 g/mol. The van der Waals surface area contributed by atoms with E-state index >= 15 is 0 Å². The molecule has 2 saturated heterocycles. The van der Waals surface area contributed by atoms with Gasteiger partial charge < -0.3 is 19.9 Å². The summed E-state index contributed by atoms with van der Waals surface area (Å²) >= 11 is 0. The number of carbonyl (C=O) groups is 2. The molecule has 0 saturated carbocycles. The van der Waals surface area contributed by atoms with Gasteiger partial charge in [0.2, 0.25) is 23.6 Å². The van der Waals surface area contributed by atoms with Gasteiger partial charge in [0.15, 0.2) is 5.69 Å². The second kappa shape index (κ2) is 9.78. The summed E-state index contributed by atoms with van der Waals surface area (Å²) in [6, 6.07) is 7.81. The Morgan fingerprint density at radius 2 is 1.82 bits per heavy atom. The van der Waals surface area contributed by atoms with Crippen LogP contribution in [0.5, 0.6) is 5.88 Å². The lowest BCUT2D eigenvalue weighted by molar-refractivity contribution is -0.140. The van der Waals surface area contributed by atoms with E-state index in [-0.39, 0.29) is 48.4 Å². The van der Waals surface area contributed by atoms with Crippen LogP contribution < -0.4 is 19.9 Å². The quantitative estimate of drug-likeness (QED) is 0.519. The molecule has 2 aromatic heterocycles. The van der Waals surface area contributed by atoms with Crippen LogP contribution in [0.2, 0.25) is 0 Å². The SMILES string of the molecule is O=C1CCCN1c1ccc(-c2cnc(Nc3cnc4c(c3)N3C(=O)CC[C@H]3CO4)nc2C(F)(F)F)cc1.S. The third-order valence-corrected chi connectivity index (χ3v) is 6.71. The highest BCUT2D eigenvalue weighted by Crippen LogP contribution is 2.40. The molecule has 198 valence electrons. The van der Waals surface area contributed by atoms with E-state index in [1.165, 1.54) is 18.3 Å². The number of anilines is 4. The largest absolute Gasteiger partial charge is 0.474 e. The van der Waals surface area contributed by atoms with Crippen LogP contribution in [0.25, 0.3) is 11.1 Å². The highest BCUT2D eigenvalue weighted by atomic mass is 32.1. The van der Waals surface area contributed by atoms with Crippen LogP contribution in [0.15, 0.2) is 42.7 Å². The molecule has 0 spiro atoms. The number of pyridine rings is 1. The van der Waals surface area contributed by atoms with Gasteiger partial charge in [-0.2, -0.15) is 26.7 Å². The molecule has 3 aliphatic heterocycles. The molecule has 0 unspecified atom stereocenters. The summed E-state index contributed by atoms with van der Waals surface area (Å²) in [7, 11) is 0. The van der Waals surface area contributed by atoms with Gasteiger partial charge in [-0.1, -0.05) is 12.1 Å². The molecule has 0 radical (unpaired) electrons. The number of aromatic nitrogens is 3. The average Bonchev–Trinajstić information content (AvgIpc) is 3.49. The molecule has 3 aliphatic rings. The number of fused-ring (bicyclic) bond motifs is 3. The summed E-state index contributed by atoms with van der Waals surface area (Å²) in [5.74, 6) is -0.0228. The van der Waals surface area contributed by atoms with Gasteiger partial charge in [-0.25, -0.2) is 15.0 Å². The molecule has 1 atom stereocenters. The first-order valence-corrected chi connectivity index (χ1v) is 11.8. The van der Waals surface area contributed by atoms with Crippen LogP contribution in [0.1, 0.15) is 31.4 Å². The van der Waals surface area contributed by atoms with E-state index in [2.05, 4.69) is 20.3 Å². The minimum Gasteiger partial charge on any atom is -0.474 e. The highest BCUT2D eigenvalue weighted by Gasteiger charge is 2.39. The fourth-order valence-corrected chi connectivity index (χ4v) is 4.94. The summed E-state index contributed by atoms with van der Waals surface area (Å²) in [5, 5.41) is 2.77. The Bertz CT molecular complexity index is 1400. The normalized spacial score (nSPS) is 18.6. The summed E-state index contributed by atoms with van der Waals surface area (Å²) in [4.78, 5) is 39.6. The zero-order valence-electron chi connectivity index (χ0n) is 20.0. The Morgan fingerprint density at radius 1 is 1.03 bits per heavy atom. The van der Waals surface area contributed by atoms with E-state index in [1.807, 2.05) is 0 Å². The number of rotatable bonds is 4. The Labute approximate surface area is 222 Å². The molecular formula is C25H23F3N6O3S. The monoisotopic (exact) mass is 544 g/mol. The van der Waals surface area contributed by atoms with Gasteiger partial charge in [-0.15, -0.1) is 0 Å². The molecule has 2 fully saturated rings. The number of nitrogens with zero attached hydrogens (tertiary/aromatic N) is 5. The fraction of sp³-hybridized carbons (Fsp3) is 0.320. The molecule has 1 aromatic carbocycles. The van der Waals surface area contributed by atoms with Crippen molar-refractivity contribution >= 4 is 48.3 Å². The van der Waals surface area contributed by atoms with E-state index in [4.69, 9.17) is 4.74 Å². The summed E-state index contributed by atoms with van der Waals surface area (Å²) < 4.78 is 47.6. The van der Waals surface area contributed by atoms with Crippen molar-refractivity contribution < 1.29 is 27.5 Å². The van der Waals surface area contributed by atoms with Gasteiger partial charge in [0.25, 0.3) is 0 Å². The van der Waals surface area contributed by atoms with Crippen molar-refractivity contribution in [2.24, 2.45) is 0 Å². The number of carbonyl (C=O) groups excluding carboxylic acids is 2. The van der Waals surface area contributed by atoms with E-state index in [0.29, 0.717) is 55.4 Å². The van der Waals surface area contributed by atoms with Gasteiger partial charge in [0.05, 0.1) is 17.9 Å². The molecule has 2 amide bonds. The number of halogens is 3.